The Morgan fingerprint density at radius 1 is 0.708 bits per heavy atom. The van der Waals surface area contributed by atoms with Gasteiger partial charge in [-0.05, 0) is 19.1 Å². The van der Waals surface area contributed by atoms with Gasteiger partial charge in [0.2, 0.25) is 0 Å². The van der Waals surface area contributed by atoms with E-state index in [1.807, 2.05) is 36.4 Å². The van der Waals surface area contributed by atoms with Crippen LogP contribution in [0.5, 0.6) is 23.0 Å². The smallest absolute Gasteiger partial charge is 0.164 e. The fourth-order valence-corrected chi connectivity index (χ4v) is 3.00. The molecule has 0 spiro atoms. The monoisotopic (exact) mass is 332 g/mol. The fourth-order valence-electron chi connectivity index (χ4n) is 3.00. The van der Waals surface area contributed by atoms with E-state index in [1.165, 1.54) is 0 Å². The molecule has 5 heteroatoms. The van der Waals surface area contributed by atoms with E-state index in [0.717, 1.165) is 11.1 Å². The van der Waals surface area contributed by atoms with E-state index in [-0.39, 0.29) is 5.92 Å². The Morgan fingerprint density at radius 2 is 1.12 bits per heavy atom. The highest BCUT2D eigenvalue weighted by Gasteiger charge is 2.28. The van der Waals surface area contributed by atoms with E-state index in [9.17, 15) is 5.11 Å². The number of para-hydroxylation sites is 2. The van der Waals surface area contributed by atoms with Crippen LogP contribution in [0.4, 0.5) is 0 Å². The number of hydrogen-bond donors (Lipinski definition) is 1. The van der Waals surface area contributed by atoms with Crippen LogP contribution in [0.3, 0.4) is 0 Å². The number of rotatable bonds is 7. The van der Waals surface area contributed by atoms with Crippen molar-refractivity contribution in [1.29, 1.82) is 0 Å². The first-order chi connectivity index (χ1) is 11.6. The van der Waals surface area contributed by atoms with Crippen LogP contribution < -0.4 is 18.9 Å². The number of aliphatic hydroxyl groups is 1. The van der Waals surface area contributed by atoms with Crippen molar-refractivity contribution in [2.75, 3.05) is 28.4 Å². The minimum atomic E-state index is -0.674. The first-order valence-electron chi connectivity index (χ1n) is 7.68. The van der Waals surface area contributed by atoms with Crippen molar-refractivity contribution in [2.45, 2.75) is 18.9 Å². The highest BCUT2D eigenvalue weighted by molar-refractivity contribution is 5.56. The lowest BCUT2D eigenvalue weighted by Crippen LogP contribution is -2.18. The summed E-state index contributed by atoms with van der Waals surface area (Å²) in [5.74, 6) is 2.05. The Bertz CT molecular complexity index is 626. The number of aliphatic hydroxyl groups excluding tert-OH is 1. The summed E-state index contributed by atoms with van der Waals surface area (Å²) < 4.78 is 21.8. The fraction of sp³-hybridized carbons (Fsp3) is 0.368. The molecule has 5 nitrogen and oxygen atoms in total. The van der Waals surface area contributed by atoms with Crippen molar-refractivity contribution < 1.29 is 24.1 Å². The van der Waals surface area contributed by atoms with Crippen molar-refractivity contribution >= 4 is 0 Å². The summed E-state index contributed by atoms with van der Waals surface area (Å²) in [6.45, 7) is 1.74. The molecular weight excluding hydrogens is 308 g/mol. The van der Waals surface area contributed by atoms with Gasteiger partial charge in [0.1, 0.15) is 0 Å². The van der Waals surface area contributed by atoms with Gasteiger partial charge in [0, 0.05) is 17.0 Å². The topological polar surface area (TPSA) is 57.2 Å². The zero-order valence-electron chi connectivity index (χ0n) is 14.7. The minimum Gasteiger partial charge on any atom is -0.493 e. The summed E-state index contributed by atoms with van der Waals surface area (Å²) >= 11 is 0. The molecule has 0 fully saturated rings. The lowest BCUT2D eigenvalue weighted by atomic mass is 9.85. The molecule has 0 aliphatic carbocycles. The average Bonchev–Trinajstić information content (AvgIpc) is 2.60. The molecule has 2 aromatic rings. The Kier molecular flexibility index (Phi) is 5.93. The maximum Gasteiger partial charge on any atom is 0.164 e. The summed E-state index contributed by atoms with van der Waals surface area (Å²) in [4.78, 5) is 0. The van der Waals surface area contributed by atoms with Crippen LogP contribution in [0.1, 0.15) is 24.0 Å². The number of methoxy groups -OCH3 is 4. The van der Waals surface area contributed by atoms with Crippen molar-refractivity contribution in [3.8, 4) is 23.0 Å². The van der Waals surface area contributed by atoms with E-state index < -0.39 is 6.10 Å². The number of ether oxygens (including phenoxy) is 4. The Hall–Kier alpha value is -2.40. The van der Waals surface area contributed by atoms with Gasteiger partial charge in [-0.2, -0.15) is 0 Å². The van der Waals surface area contributed by atoms with Crippen LogP contribution in [0.2, 0.25) is 0 Å². The largest absolute Gasteiger partial charge is 0.493 e. The van der Waals surface area contributed by atoms with Crippen molar-refractivity contribution in [3.05, 3.63) is 47.5 Å². The normalized spacial score (nSPS) is 12.0. The molecule has 0 aliphatic rings. The van der Waals surface area contributed by atoms with Gasteiger partial charge >= 0.3 is 0 Å². The van der Waals surface area contributed by atoms with E-state index in [1.54, 1.807) is 35.4 Å². The third kappa shape index (κ3) is 3.26. The Morgan fingerprint density at radius 3 is 1.42 bits per heavy atom. The van der Waals surface area contributed by atoms with Gasteiger partial charge in [0.05, 0.1) is 34.5 Å². The predicted octanol–water partition coefficient (Wildman–Crippen LogP) is 3.23. The molecule has 2 aromatic carbocycles. The molecule has 130 valence electrons. The average molecular weight is 332 g/mol. The first-order valence-corrected chi connectivity index (χ1v) is 7.68. The third-order valence-corrected chi connectivity index (χ3v) is 4.02. The second-order valence-electron chi connectivity index (χ2n) is 5.38. The van der Waals surface area contributed by atoms with E-state index in [0.29, 0.717) is 23.0 Å². The standard InChI is InChI=1S/C19H24O5/c1-12(20)17(13-8-6-10-15(21-2)18(13)23-4)14-9-7-11-16(22-3)19(14)24-5/h6-12,17,20H,1-5H3. The Labute approximate surface area is 142 Å². The molecule has 1 unspecified atom stereocenters. The highest BCUT2D eigenvalue weighted by atomic mass is 16.5. The summed E-state index contributed by atoms with van der Waals surface area (Å²) in [5, 5.41) is 10.5. The van der Waals surface area contributed by atoms with Crippen molar-refractivity contribution in [1.82, 2.24) is 0 Å². The zero-order valence-corrected chi connectivity index (χ0v) is 14.7. The summed E-state index contributed by atoms with van der Waals surface area (Å²) in [6, 6.07) is 11.2. The first kappa shape index (κ1) is 17.9. The summed E-state index contributed by atoms with van der Waals surface area (Å²) in [6.07, 6.45) is -0.674. The molecule has 0 bridgehead atoms. The Balaban J connectivity index is 2.69. The van der Waals surface area contributed by atoms with Gasteiger partial charge in [-0.3, -0.25) is 0 Å². The van der Waals surface area contributed by atoms with Gasteiger partial charge in [0.25, 0.3) is 0 Å². The van der Waals surface area contributed by atoms with Gasteiger partial charge in [-0.1, -0.05) is 24.3 Å². The molecule has 0 aromatic heterocycles. The number of benzene rings is 2. The molecular formula is C19H24O5. The van der Waals surface area contributed by atoms with Crippen molar-refractivity contribution in [2.24, 2.45) is 0 Å². The van der Waals surface area contributed by atoms with Gasteiger partial charge in [0.15, 0.2) is 23.0 Å². The van der Waals surface area contributed by atoms with E-state index >= 15 is 0 Å². The minimum absolute atomic E-state index is 0.361. The SMILES string of the molecule is COc1cccc(C(c2cccc(OC)c2OC)C(C)O)c1OC. The highest BCUT2D eigenvalue weighted by Crippen LogP contribution is 2.44. The molecule has 0 amide bonds. The summed E-state index contributed by atoms with van der Waals surface area (Å²) in [7, 11) is 6.35. The van der Waals surface area contributed by atoms with Gasteiger partial charge in [-0.15, -0.1) is 0 Å². The van der Waals surface area contributed by atoms with Crippen molar-refractivity contribution in [3.63, 3.8) is 0 Å². The van der Waals surface area contributed by atoms with Crippen LogP contribution in [-0.4, -0.2) is 39.6 Å². The molecule has 0 saturated heterocycles. The second-order valence-corrected chi connectivity index (χ2v) is 5.38. The van der Waals surface area contributed by atoms with Gasteiger partial charge in [-0.25, -0.2) is 0 Å². The van der Waals surface area contributed by atoms with Gasteiger partial charge < -0.3 is 24.1 Å². The molecule has 0 saturated carbocycles. The lowest BCUT2D eigenvalue weighted by molar-refractivity contribution is 0.172. The molecule has 2 rings (SSSR count). The lowest BCUT2D eigenvalue weighted by Gasteiger charge is -2.26. The third-order valence-electron chi connectivity index (χ3n) is 4.02. The quantitative estimate of drug-likeness (QED) is 0.843. The maximum absolute atomic E-state index is 10.5. The summed E-state index contributed by atoms with van der Waals surface area (Å²) in [5.41, 5.74) is 1.64. The maximum atomic E-state index is 10.5. The predicted molar refractivity (Wildman–Crippen MR) is 92.6 cm³/mol. The van der Waals surface area contributed by atoms with Crippen LogP contribution in [0.25, 0.3) is 0 Å². The van der Waals surface area contributed by atoms with E-state index in [4.69, 9.17) is 18.9 Å². The molecule has 24 heavy (non-hydrogen) atoms. The molecule has 0 heterocycles. The van der Waals surface area contributed by atoms with Crippen LogP contribution in [-0.2, 0) is 0 Å². The van der Waals surface area contributed by atoms with E-state index in [2.05, 4.69) is 0 Å². The van der Waals surface area contributed by atoms with Crippen LogP contribution >= 0.6 is 0 Å². The second kappa shape index (κ2) is 7.93. The molecule has 0 aliphatic heterocycles. The molecule has 0 radical (unpaired) electrons. The van der Waals surface area contributed by atoms with Crippen LogP contribution in [0, 0.1) is 0 Å². The molecule has 1 N–H and O–H groups in total. The zero-order chi connectivity index (χ0) is 17.7. The molecule has 1 atom stereocenters. The van der Waals surface area contributed by atoms with Crippen LogP contribution in [0.15, 0.2) is 36.4 Å². The number of hydrogen-bond acceptors (Lipinski definition) is 5.